The van der Waals surface area contributed by atoms with Crippen LogP contribution >= 0.6 is 11.6 Å². The van der Waals surface area contributed by atoms with Crippen LogP contribution in [-0.4, -0.2) is 28.6 Å². The van der Waals surface area contributed by atoms with Gasteiger partial charge in [-0.25, -0.2) is 4.98 Å². The second-order valence-corrected chi connectivity index (χ2v) is 8.89. The lowest BCUT2D eigenvalue weighted by atomic mass is 10.1. The average molecular weight is 460 g/mol. The van der Waals surface area contributed by atoms with Gasteiger partial charge in [0.1, 0.15) is 11.6 Å². The molecular formula is C27H26ClN3O2. The second kappa shape index (κ2) is 9.28. The molecule has 0 N–H and O–H groups in total. The maximum absolute atomic E-state index is 12.9. The molecule has 3 aromatic carbocycles. The Bertz CT molecular complexity index is 1280. The van der Waals surface area contributed by atoms with Gasteiger partial charge < -0.3 is 14.2 Å². The van der Waals surface area contributed by atoms with Crippen molar-refractivity contribution >= 4 is 34.2 Å². The SMILES string of the molecule is Cc1ccc(N2CC(c3nc4ccccc4n3CCCOc3ccccc3Cl)CC2=O)cc1. The molecule has 1 fully saturated rings. The van der Waals surface area contributed by atoms with E-state index in [1.54, 1.807) is 0 Å². The number of para-hydroxylation sites is 3. The van der Waals surface area contributed by atoms with Gasteiger partial charge in [0.25, 0.3) is 0 Å². The zero-order valence-corrected chi connectivity index (χ0v) is 19.3. The molecule has 1 aliphatic heterocycles. The lowest BCUT2D eigenvalue weighted by Crippen LogP contribution is -2.24. The number of hydrogen-bond donors (Lipinski definition) is 0. The van der Waals surface area contributed by atoms with E-state index < -0.39 is 0 Å². The number of carbonyl (C=O) groups excluding carboxylic acids is 1. The Balaban J connectivity index is 1.35. The van der Waals surface area contributed by atoms with Crippen LogP contribution in [0, 0.1) is 6.92 Å². The topological polar surface area (TPSA) is 47.4 Å². The molecule has 0 spiro atoms. The molecule has 2 heterocycles. The number of hydrogen-bond acceptors (Lipinski definition) is 3. The van der Waals surface area contributed by atoms with Crippen LogP contribution in [-0.2, 0) is 11.3 Å². The number of carbonyl (C=O) groups is 1. The third kappa shape index (κ3) is 4.46. The molecule has 0 bridgehead atoms. The molecule has 1 saturated heterocycles. The van der Waals surface area contributed by atoms with E-state index in [1.807, 2.05) is 71.6 Å². The number of halogens is 1. The Morgan fingerprint density at radius 1 is 1.03 bits per heavy atom. The first-order valence-electron chi connectivity index (χ1n) is 11.3. The summed E-state index contributed by atoms with van der Waals surface area (Å²) in [6.07, 6.45) is 1.27. The minimum Gasteiger partial charge on any atom is -0.492 e. The number of ether oxygens (including phenoxy) is 1. The van der Waals surface area contributed by atoms with Crippen molar-refractivity contribution in [3.05, 3.63) is 89.2 Å². The molecule has 168 valence electrons. The zero-order chi connectivity index (χ0) is 22.8. The van der Waals surface area contributed by atoms with Crippen LogP contribution in [0.3, 0.4) is 0 Å². The fourth-order valence-electron chi connectivity index (χ4n) is 4.46. The van der Waals surface area contributed by atoms with E-state index in [0.717, 1.165) is 35.5 Å². The first-order chi connectivity index (χ1) is 16.1. The van der Waals surface area contributed by atoms with Crippen molar-refractivity contribution in [1.29, 1.82) is 0 Å². The average Bonchev–Trinajstić information content (AvgIpc) is 3.39. The Morgan fingerprint density at radius 3 is 2.61 bits per heavy atom. The number of nitrogens with zero attached hydrogens (tertiary/aromatic N) is 3. The van der Waals surface area contributed by atoms with Crippen molar-refractivity contribution in [2.24, 2.45) is 0 Å². The van der Waals surface area contributed by atoms with Gasteiger partial charge in [-0.3, -0.25) is 4.79 Å². The fraction of sp³-hybridized carbons (Fsp3) is 0.259. The molecule has 4 aromatic rings. The van der Waals surface area contributed by atoms with E-state index in [4.69, 9.17) is 21.3 Å². The minimum atomic E-state index is 0.0516. The summed E-state index contributed by atoms with van der Waals surface area (Å²) in [5.74, 6) is 1.86. The molecule has 1 unspecified atom stereocenters. The van der Waals surface area contributed by atoms with Crippen LogP contribution in [0.5, 0.6) is 5.75 Å². The predicted molar refractivity (Wildman–Crippen MR) is 132 cm³/mol. The van der Waals surface area contributed by atoms with Gasteiger partial charge in [-0.1, -0.05) is 53.6 Å². The standard InChI is InChI=1S/C27H26ClN3O2/c1-19-11-13-21(14-12-19)31-18-20(17-26(31)32)27-29-23-8-3-4-9-24(23)30(27)15-6-16-33-25-10-5-2-7-22(25)28/h2-5,7-14,20H,6,15-18H2,1H3. The maximum Gasteiger partial charge on any atom is 0.227 e. The molecular weight excluding hydrogens is 434 g/mol. The van der Waals surface area contributed by atoms with Crippen molar-refractivity contribution in [3.63, 3.8) is 0 Å². The molecule has 33 heavy (non-hydrogen) atoms. The van der Waals surface area contributed by atoms with Crippen LogP contribution < -0.4 is 9.64 Å². The van der Waals surface area contributed by atoms with Gasteiger partial charge in [0.15, 0.2) is 0 Å². The molecule has 0 aliphatic carbocycles. The van der Waals surface area contributed by atoms with E-state index in [9.17, 15) is 4.79 Å². The minimum absolute atomic E-state index is 0.0516. The highest BCUT2D eigenvalue weighted by Gasteiger charge is 2.34. The van der Waals surface area contributed by atoms with Gasteiger partial charge in [0.05, 0.1) is 22.7 Å². The summed E-state index contributed by atoms with van der Waals surface area (Å²) in [6.45, 7) is 4.00. The molecule has 1 aliphatic rings. The Hall–Kier alpha value is -3.31. The van der Waals surface area contributed by atoms with Gasteiger partial charge in [-0.15, -0.1) is 0 Å². The first-order valence-corrected chi connectivity index (χ1v) is 11.7. The monoisotopic (exact) mass is 459 g/mol. The number of fused-ring (bicyclic) bond motifs is 1. The zero-order valence-electron chi connectivity index (χ0n) is 18.6. The number of anilines is 1. The molecule has 6 heteroatoms. The molecule has 5 rings (SSSR count). The van der Waals surface area contributed by atoms with Crippen LogP contribution in [0.4, 0.5) is 5.69 Å². The van der Waals surface area contributed by atoms with Gasteiger partial charge >= 0.3 is 0 Å². The Labute approximate surface area is 198 Å². The molecule has 0 saturated carbocycles. The highest BCUT2D eigenvalue weighted by molar-refractivity contribution is 6.32. The van der Waals surface area contributed by atoms with Crippen LogP contribution in [0.1, 0.15) is 30.1 Å². The second-order valence-electron chi connectivity index (χ2n) is 8.48. The number of amides is 1. The van der Waals surface area contributed by atoms with E-state index in [-0.39, 0.29) is 11.8 Å². The van der Waals surface area contributed by atoms with Crippen LogP contribution in [0.2, 0.25) is 5.02 Å². The van der Waals surface area contributed by atoms with E-state index in [1.165, 1.54) is 5.56 Å². The lowest BCUT2D eigenvalue weighted by molar-refractivity contribution is -0.117. The number of aryl methyl sites for hydroxylation is 2. The summed E-state index contributed by atoms with van der Waals surface area (Å²) in [7, 11) is 0. The summed E-state index contributed by atoms with van der Waals surface area (Å²) < 4.78 is 8.14. The lowest BCUT2D eigenvalue weighted by Gasteiger charge is -2.18. The number of rotatable bonds is 7. The van der Waals surface area contributed by atoms with Crippen molar-refractivity contribution in [2.75, 3.05) is 18.1 Å². The number of aromatic nitrogens is 2. The normalized spacial score (nSPS) is 16.0. The van der Waals surface area contributed by atoms with Crippen LogP contribution in [0.15, 0.2) is 72.8 Å². The van der Waals surface area contributed by atoms with Gasteiger partial charge in [-0.05, 0) is 49.7 Å². The molecule has 5 nitrogen and oxygen atoms in total. The Morgan fingerprint density at radius 2 is 1.79 bits per heavy atom. The van der Waals surface area contributed by atoms with Crippen LogP contribution in [0.25, 0.3) is 11.0 Å². The van der Waals surface area contributed by atoms with E-state index in [0.29, 0.717) is 30.3 Å². The molecule has 0 radical (unpaired) electrons. The summed E-state index contributed by atoms with van der Waals surface area (Å²) in [5, 5.41) is 0.618. The summed E-state index contributed by atoms with van der Waals surface area (Å²) >= 11 is 6.20. The molecule has 1 amide bonds. The fourth-order valence-corrected chi connectivity index (χ4v) is 4.65. The maximum atomic E-state index is 12.9. The largest absolute Gasteiger partial charge is 0.492 e. The summed E-state index contributed by atoms with van der Waals surface area (Å²) in [5.41, 5.74) is 4.18. The van der Waals surface area contributed by atoms with E-state index in [2.05, 4.69) is 17.6 Å². The predicted octanol–water partition coefficient (Wildman–Crippen LogP) is 5.99. The molecule has 1 atom stereocenters. The number of imidazole rings is 1. The third-order valence-electron chi connectivity index (χ3n) is 6.14. The summed E-state index contributed by atoms with van der Waals surface area (Å²) in [4.78, 5) is 19.7. The smallest absolute Gasteiger partial charge is 0.227 e. The first kappa shape index (κ1) is 21.5. The highest BCUT2D eigenvalue weighted by atomic mass is 35.5. The quantitative estimate of drug-likeness (QED) is 0.319. The van der Waals surface area contributed by atoms with Crippen molar-refractivity contribution < 1.29 is 9.53 Å². The third-order valence-corrected chi connectivity index (χ3v) is 6.45. The van der Waals surface area contributed by atoms with Gasteiger partial charge in [0, 0.05) is 31.1 Å². The summed E-state index contributed by atoms with van der Waals surface area (Å²) in [6, 6.07) is 23.8. The van der Waals surface area contributed by atoms with Gasteiger partial charge in [0.2, 0.25) is 5.91 Å². The molecule has 1 aromatic heterocycles. The van der Waals surface area contributed by atoms with Crippen molar-refractivity contribution in [2.45, 2.75) is 32.2 Å². The number of benzene rings is 3. The van der Waals surface area contributed by atoms with Crippen molar-refractivity contribution in [3.8, 4) is 5.75 Å². The Kier molecular flexibility index (Phi) is 6.05. The highest BCUT2D eigenvalue weighted by Crippen LogP contribution is 2.33. The van der Waals surface area contributed by atoms with Crippen molar-refractivity contribution in [1.82, 2.24) is 9.55 Å². The van der Waals surface area contributed by atoms with E-state index >= 15 is 0 Å². The van der Waals surface area contributed by atoms with Gasteiger partial charge in [-0.2, -0.15) is 0 Å².